The fraction of sp³-hybridized carbons (Fsp3) is 0.429. The molecule has 0 saturated heterocycles. The Morgan fingerprint density at radius 2 is 1.82 bits per heavy atom. The van der Waals surface area contributed by atoms with Crippen LogP contribution in [-0.2, 0) is 11.3 Å². The van der Waals surface area contributed by atoms with Crippen molar-refractivity contribution in [1.29, 1.82) is 0 Å². The molecule has 0 aliphatic rings. The topological polar surface area (TPSA) is 9.23 Å². The van der Waals surface area contributed by atoms with Crippen molar-refractivity contribution in [3.8, 4) is 0 Å². The first-order valence-electron chi connectivity index (χ1n) is 5.82. The summed E-state index contributed by atoms with van der Waals surface area (Å²) in [5.41, 5.74) is 2.58. The monoisotopic (exact) mass is 360 g/mol. The summed E-state index contributed by atoms with van der Waals surface area (Å²) in [5, 5.41) is 2.04. The molecule has 0 amide bonds. The molecule has 0 fully saturated rings. The van der Waals surface area contributed by atoms with Crippen molar-refractivity contribution in [1.82, 2.24) is 0 Å². The average Bonchev–Trinajstić information content (AvgIpc) is 2.37. The molecule has 1 aromatic rings. The summed E-state index contributed by atoms with van der Waals surface area (Å²) in [4.78, 5) is 0. The van der Waals surface area contributed by atoms with Gasteiger partial charge in [0.25, 0.3) is 0 Å². The second kappa shape index (κ2) is 9.72. The largest absolute Gasteiger partial charge is 0.497 e. The molecule has 0 bridgehead atoms. The molecule has 0 unspecified atom stereocenters. The van der Waals surface area contributed by atoms with E-state index in [0.29, 0.717) is 6.61 Å². The summed E-state index contributed by atoms with van der Waals surface area (Å²) in [5.74, 6) is 0. The maximum absolute atomic E-state index is 5.63. The van der Waals surface area contributed by atoms with Gasteiger partial charge in [0.2, 0.25) is 0 Å². The molecule has 0 spiro atoms. The number of halogens is 2. The van der Waals surface area contributed by atoms with Gasteiger partial charge in [0.1, 0.15) is 6.61 Å². The molecule has 0 aliphatic carbocycles. The predicted octanol–water partition coefficient (Wildman–Crippen LogP) is 5.05. The van der Waals surface area contributed by atoms with Crippen molar-refractivity contribution in [2.75, 3.05) is 10.7 Å². The zero-order valence-corrected chi connectivity index (χ0v) is 13.0. The Hall–Kier alpha value is -0.280. The van der Waals surface area contributed by atoms with Gasteiger partial charge < -0.3 is 4.74 Å². The quantitative estimate of drug-likeness (QED) is 0.465. The number of ether oxygens (including phenoxy) is 1. The van der Waals surface area contributed by atoms with Gasteiger partial charge in [-0.1, -0.05) is 62.2 Å². The lowest BCUT2D eigenvalue weighted by molar-refractivity contribution is 0.232. The molecular formula is C14H18Br2O. The number of benzene rings is 1. The van der Waals surface area contributed by atoms with Crippen LogP contribution in [0.2, 0.25) is 0 Å². The van der Waals surface area contributed by atoms with Crippen LogP contribution in [0.3, 0.4) is 0 Å². The van der Waals surface area contributed by atoms with Crippen LogP contribution < -0.4 is 0 Å². The standard InChI is InChI=1S/C14H18Br2O/c15-9-4-7-14(8-10-16)12-17-11-13-5-2-1-3-6-13/h1-3,5-6,12H,4,7-11H2. The first-order chi connectivity index (χ1) is 8.36. The van der Waals surface area contributed by atoms with Gasteiger partial charge in [-0.15, -0.1) is 0 Å². The van der Waals surface area contributed by atoms with E-state index in [1.165, 1.54) is 11.1 Å². The van der Waals surface area contributed by atoms with Gasteiger partial charge in [-0.05, 0) is 30.4 Å². The van der Waals surface area contributed by atoms with Crippen molar-refractivity contribution < 1.29 is 4.74 Å². The normalized spacial score (nSPS) is 11.5. The van der Waals surface area contributed by atoms with Crippen LogP contribution in [0.15, 0.2) is 42.2 Å². The summed E-state index contributed by atoms with van der Waals surface area (Å²) >= 11 is 6.92. The van der Waals surface area contributed by atoms with Crippen LogP contribution in [0.4, 0.5) is 0 Å². The lowest BCUT2D eigenvalue weighted by Crippen LogP contribution is -1.91. The van der Waals surface area contributed by atoms with E-state index in [9.17, 15) is 0 Å². The lowest BCUT2D eigenvalue weighted by atomic mass is 10.1. The first-order valence-corrected chi connectivity index (χ1v) is 8.06. The highest BCUT2D eigenvalue weighted by Crippen LogP contribution is 2.13. The van der Waals surface area contributed by atoms with Gasteiger partial charge in [-0.2, -0.15) is 0 Å². The van der Waals surface area contributed by atoms with Gasteiger partial charge in [-0.25, -0.2) is 0 Å². The van der Waals surface area contributed by atoms with Crippen molar-refractivity contribution >= 4 is 31.9 Å². The molecule has 17 heavy (non-hydrogen) atoms. The summed E-state index contributed by atoms with van der Waals surface area (Å²) in [6.45, 7) is 0.654. The van der Waals surface area contributed by atoms with Gasteiger partial charge in [-0.3, -0.25) is 0 Å². The number of rotatable bonds is 8. The van der Waals surface area contributed by atoms with Crippen molar-refractivity contribution in [2.24, 2.45) is 0 Å². The van der Waals surface area contributed by atoms with E-state index in [0.717, 1.165) is 29.9 Å². The Morgan fingerprint density at radius 1 is 1.06 bits per heavy atom. The van der Waals surface area contributed by atoms with Crippen LogP contribution >= 0.6 is 31.9 Å². The third-order valence-corrected chi connectivity index (χ3v) is 3.35. The van der Waals surface area contributed by atoms with E-state index in [4.69, 9.17) is 4.74 Å². The van der Waals surface area contributed by atoms with E-state index >= 15 is 0 Å². The van der Waals surface area contributed by atoms with Gasteiger partial charge in [0.05, 0.1) is 6.26 Å². The Labute approximate surface area is 121 Å². The highest BCUT2D eigenvalue weighted by Gasteiger charge is 1.97. The summed E-state index contributed by atoms with van der Waals surface area (Å²) in [6.07, 6.45) is 5.25. The predicted molar refractivity (Wildman–Crippen MR) is 80.8 cm³/mol. The van der Waals surface area contributed by atoms with E-state index in [1.54, 1.807) is 0 Å². The maximum Gasteiger partial charge on any atom is 0.112 e. The van der Waals surface area contributed by atoms with Crippen LogP contribution in [-0.4, -0.2) is 10.7 Å². The molecule has 1 aromatic carbocycles. The summed E-state index contributed by atoms with van der Waals surface area (Å²) in [6, 6.07) is 10.2. The van der Waals surface area contributed by atoms with E-state index in [2.05, 4.69) is 44.0 Å². The average molecular weight is 362 g/mol. The second-order valence-electron chi connectivity index (χ2n) is 3.80. The molecule has 1 nitrogen and oxygen atoms in total. The highest BCUT2D eigenvalue weighted by atomic mass is 79.9. The zero-order chi connectivity index (χ0) is 12.3. The molecule has 0 N–H and O–H groups in total. The van der Waals surface area contributed by atoms with Crippen LogP contribution in [0, 0.1) is 0 Å². The van der Waals surface area contributed by atoms with E-state index in [1.807, 2.05) is 24.5 Å². The number of allylic oxidation sites excluding steroid dienone is 1. The third kappa shape index (κ3) is 6.89. The summed E-state index contributed by atoms with van der Waals surface area (Å²) < 4.78 is 5.63. The second-order valence-corrected chi connectivity index (χ2v) is 5.39. The molecule has 0 aliphatic heterocycles. The Balaban J connectivity index is 2.37. The molecule has 0 radical (unpaired) electrons. The third-order valence-electron chi connectivity index (χ3n) is 2.39. The fourth-order valence-electron chi connectivity index (χ4n) is 1.49. The number of alkyl halides is 2. The number of hydrogen-bond acceptors (Lipinski definition) is 1. The van der Waals surface area contributed by atoms with Crippen molar-refractivity contribution in [3.63, 3.8) is 0 Å². The highest BCUT2D eigenvalue weighted by molar-refractivity contribution is 9.09. The minimum Gasteiger partial charge on any atom is -0.497 e. The van der Waals surface area contributed by atoms with E-state index < -0.39 is 0 Å². The van der Waals surface area contributed by atoms with Gasteiger partial charge in [0, 0.05) is 10.7 Å². The molecule has 0 aromatic heterocycles. The lowest BCUT2D eigenvalue weighted by Gasteiger charge is -2.06. The van der Waals surface area contributed by atoms with Crippen LogP contribution in [0.25, 0.3) is 0 Å². The Kier molecular flexibility index (Phi) is 8.45. The molecule has 1 rings (SSSR count). The smallest absolute Gasteiger partial charge is 0.112 e. The first kappa shape index (κ1) is 14.8. The van der Waals surface area contributed by atoms with Crippen molar-refractivity contribution in [2.45, 2.75) is 25.9 Å². The minimum absolute atomic E-state index is 0.654. The Bertz CT molecular complexity index is 322. The van der Waals surface area contributed by atoms with Gasteiger partial charge >= 0.3 is 0 Å². The number of hydrogen-bond donors (Lipinski definition) is 0. The fourth-order valence-corrected chi connectivity index (χ4v) is 2.28. The molecule has 94 valence electrons. The summed E-state index contributed by atoms with van der Waals surface area (Å²) in [7, 11) is 0. The molecular weight excluding hydrogens is 344 g/mol. The Morgan fingerprint density at radius 3 is 2.47 bits per heavy atom. The zero-order valence-electron chi connectivity index (χ0n) is 9.87. The van der Waals surface area contributed by atoms with Gasteiger partial charge in [0.15, 0.2) is 0 Å². The van der Waals surface area contributed by atoms with E-state index in [-0.39, 0.29) is 0 Å². The molecule has 0 atom stereocenters. The minimum atomic E-state index is 0.654. The molecule has 0 heterocycles. The molecule has 3 heteroatoms. The van der Waals surface area contributed by atoms with Crippen molar-refractivity contribution in [3.05, 3.63) is 47.7 Å². The van der Waals surface area contributed by atoms with Crippen LogP contribution in [0.1, 0.15) is 24.8 Å². The van der Waals surface area contributed by atoms with Crippen LogP contribution in [0.5, 0.6) is 0 Å². The maximum atomic E-state index is 5.63. The SMILES string of the molecule is BrCCCC(=COCc1ccccc1)CCBr. The molecule has 0 saturated carbocycles.